The van der Waals surface area contributed by atoms with Crippen molar-refractivity contribution in [3.05, 3.63) is 29.3 Å². The van der Waals surface area contributed by atoms with E-state index in [0.29, 0.717) is 6.04 Å². The van der Waals surface area contributed by atoms with Crippen LogP contribution in [0.25, 0.3) is 10.2 Å². The van der Waals surface area contributed by atoms with E-state index in [2.05, 4.69) is 34.5 Å². The van der Waals surface area contributed by atoms with Gasteiger partial charge in [0.2, 0.25) is 0 Å². The highest BCUT2D eigenvalue weighted by atomic mass is 32.1. The summed E-state index contributed by atoms with van der Waals surface area (Å²) in [5.41, 5.74) is 1.11. The van der Waals surface area contributed by atoms with E-state index in [-0.39, 0.29) is 0 Å². The number of thiazole rings is 1. The summed E-state index contributed by atoms with van der Waals surface area (Å²) in [6.45, 7) is 7.25. The number of likely N-dealkylation sites (tertiary alicyclic amines) is 1. The number of nitrogens with one attached hydrogen (secondary N) is 2. The van der Waals surface area contributed by atoms with Gasteiger partial charge in [0, 0.05) is 19.5 Å². The molecule has 1 atom stereocenters. The van der Waals surface area contributed by atoms with Crippen molar-refractivity contribution >= 4 is 38.9 Å². The lowest BCUT2D eigenvalue weighted by molar-refractivity contribution is -0.908. The van der Waals surface area contributed by atoms with Crippen molar-refractivity contribution < 1.29 is 9.64 Å². The van der Waals surface area contributed by atoms with Crippen LogP contribution < -0.4 is 10.2 Å². The lowest BCUT2D eigenvalue weighted by Gasteiger charge is -2.36. The van der Waals surface area contributed by atoms with E-state index in [1.165, 1.54) is 29.1 Å². The Hall–Kier alpha value is -1.28. The lowest BCUT2D eigenvalue weighted by Crippen LogP contribution is -3.14. The number of aromatic nitrogens is 1. The van der Waals surface area contributed by atoms with Crippen LogP contribution in [0.15, 0.2) is 24.3 Å². The van der Waals surface area contributed by atoms with Gasteiger partial charge in [-0.05, 0) is 43.6 Å². The van der Waals surface area contributed by atoms with Crippen LogP contribution in [0.4, 0.5) is 0 Å². The van der Waals surface area contributed by atoms with Crippen LogP contribution >= 0.6 is 23.6 Å². The molecule has 2 aliphatic rings. The molecule has 5 nitrogen and oxygen atoms in total. The number of piperidine rings is 1. The van der Waals surface area contributed by atoms with E-state index in [1.807, 2.05) is 11.3 Å². The Morgan fingerprint density at radius 1 is 1.30 bits per heavy atom. The number of para-hydroxylation sites is 1. The van der Waals surface area contributed by atoms with Crippen molar-refractivity contribution in [2.45, 2.75) is 31.7 Å². The number of quaternary nitrogens is 1. The first-order valence-corrected chi connectivity index (χ1v) is 11.3. The number of hydrogen-bond donors (Lipinski definition) is 2. The molecule has 27 heavy (non-hydrogen) atoms. The van der Waals surface area contributed by atoms with Crippen molar-refractivity contribution in [2.75, 3.05) is 45.9 Å². The fourth-order valence-electron chi connectivity index (χ4n) is 4.01. The van der Waals surface area contributed by atoms with Crippen molar-refractivity contribution in [1.29, 1.82) is 0 Å². The molecule has 0 bridgehead atoms. The van der Waals surface area contributed by atoms with Crippen molar-refractivity contribution in [1.82, 2.24) is 15.2 Å². The Morgan fingerprint density at radius 2 is 2.15 bits per heavy atom. The first kappa shape index (κ1) is 19.1. The summed E-state index contributed by atoms with van der Waals surface area (Å²) in [6, 6.07) is 8.74. The molecular weight excluding hydrogens is 376 g/mol. The van der Waals surface area contributed by atoms with Crippen molar-refractivity contribution in [2.24, 2.45) is 0 Å². The highest BCUT2D eigenvalue weighted by Gasteiger charge is 2.28. The molecule has 0 aliphatic carbocycles. The third kappa shape index (κ3) is 4.77. The minimum atomic E-state index is 0.320. The molecule has 4 rings (SSSR count). The third-order valence-corrected chi connectivity index (χ3v) is 7.06. The predicted molar refractivity (Wildman–Crippen MR) is 115 cm³/mol. The molecule has 1 aromatic carbocycles. The van der Waals surface area contributed by atoms with Gasteiger partial charge in [-0.2, -0.15) is 0 Å². The Labute approximate surface area is 170 Å². The Kier molecular flexibility index (Phi) is 6.55. The van der Waals surface area contributed by atoms with Gasteiger partial charge in [0.1, 0.15) is 18.1 Å². The fraction of sp³-hybridized carbons (Fsp3) is 0.600. The van der Waals surface area contributed by atoms with Crippen LogP contribution in [0.1, 0.15) is 36.7 Å². The molecule has 0 unspecified atom stereocenters. The molecule has 2 saturated heterocycles. The Balaban J connectivity index is 1.33. The predicted octanol–water partition coefficient (Wildman–Crippen LogP) is 2.00. The van der Waals surface area contributed by atoms with Gasteiger partial charge in [0.05, 0.1) is 36.0 Å². The van der Waals surface area contributed by atoms with E-state index >= 15 is 0 Å². The van der Waals surface area contributed by atoms with E-state index in [4.69, 9.17) is 21.9 Å². The number of nitrogens with zero attached hydrogens (tertiary/aromatic N) is 2. The highest BCUT2D eigenvalue weighted by Crippen LogP contribution is 2.35. The summed E-state index contributed by atoms with van der Waals surface area (Å²) >= 11 is 7.58. The van der Waals surface area contributed by atoms with Gasteiger partial charge >= 0.3 is 0 Å². The van der Waals surface area contributed by atoms with Gasteiger partial charge < -0.3 is 19.9 Å². The van der Waals surface area contributed by atoms with Gasteiger partial charge in [-0.1, -0.05) is 12.1 Å². The van der Waals surface area contributed by atoms with E-state index < -0.39 is 0 Å². The summed E-state index contributed by atoms with van der Waals surface area (Å²) < 4.78 is 6.70. The standard InChI is InChI=1S/C20H28N4OS2/c26-20(21-9-5-10-23-12-14-25-15-13-23)24-11-4-3-7-17(24)19-22-16-6-1-2-8-18(16)27-19/h1-2,6,8,17H,3-5,7,9-15H2,(H,21,26)/p+1/t17-/m1/s1. The number of ether oxygens (including phenoxy) is 1. The van der Waals surface area contributed by atoms with Crippen molar-refractivity contribution in [3.63, 3.8) is 0 Å². The van der Waals surface area contributed by atoms with Crippen LogP contribution in [0, 0.1) is 0 Å². The third-order valence-electron chi connectivity index (χ3n) is 5.54. The van der Waals surface area contributed by atoms with E-state index in [1.54, 1.807) is 4.90 Å². The second-order valence-corrected chi connectivity index (χ2v) is 8.87. The maximum Gasteiger partial charge on any atom is 0.169 e. The van der Waals surface area contributed by atoms with E-state index in [9.17, 15) is 0 Å². The zero-order valence-corrected chi connectivity index (χ0v) is 17.4. The zero-order valence-electron chi connectivity index (χ0n) is 15.8. The maximum absolute atomic E-state index is 5.77. The first-order valence-electron chi connectivity index (χ1n) is 10.1. The van der Waals surface area contributed by atoms with E-state index in [0.717, 1.165) is 62.9 Å². The summed E-state index contributed by atoms with van der Waals surface area (Å²) in [4.78, 5) is 8.93. The first-order chi connectivity index (χ1) is 13.3. The minimum absolute atomic E-state index is 0.320. The monoisotopic (exact) mass is 405 g/mol. The summed E-state index contributed by atoms with van der Waals surface area (Å²) in [6.07, 6.45) is 4.75. The zero-order chi connectivity index (χ0) is 18.5. The number of hydrogen-bond acceptors (Lipinski definition) is 4. The fourth-order valence-corrected chi connectivity index (χ4v) is 5.45. The largest absolute Gasteiger partial charge is 0.370 e. The Morgan fingerprint density at radius 3 is 3.00 bits per heavy atom. The number of rotatable bonds is 5. The van der Waals surface area contributed by atoms with Gasteiger partial charge in [0.25, 0.3) is 0 Å². The minimum Gasteiger partial charge on any atom is -0.370 e. The molecule has 2 aromatic rings. The molecule has 2 N–H and O–H groups in total. The number of fused-ring (bicyclic) bond motifs is 1. The molecule has 7 heteroatoms. The molecule has 0 spiro atoms. The number of morpholine rings is 1. The molecule has 0 saturated carbocycles. The summed E-state index contributed by atoms with van der Waals surface area (Å²) in [5, 5.41) is 5.62. The van der Waals surface area contributed by atoms with Crippen LogP contribution in [-0.2, 0) is 4.74 Å². The summed E-state index contributed by atoms with van der Waals surface area (Å²) in [7, 11) is 0. The topological polar surface area (TPSA) is 41.8 Å². The molecule has 1 aromatic heterocycles. The Bertz CT molecular complexity index is 726. The SMILES string of the molecule is S=C(NCCC[NH+]1CCOCC1)N1CCCC[C@@H]1c1nc2ccccc2s1. The van der Waals surface area contributed by atoms with Gasteiger partial charge in [-0.15, -0.1) is 11.3 Å². The average Bonchev–Trinajstić information content (AvgIpc) is 3.16. The molecule has 2 fully saturated rings. The lowest BCUT2D eigenvalue weighted by atomic mass is 10.0. The van der Waals surface area contributed by atoms with Crippen LogP contribution in [0.2, 0.25) is 0 Å². The smallest absolute Gasteiger partial charge is 0.169 e. The molecule has 146 valence electrons. The number of benzene rings is 1. The van der Waals surface area contributed by atoms with Crippen molar-refractivity contribution in [3.8, 4) is 0 Å². The molecule has 3 heterocycles. The molecule has 0 amide bonds. The second kappa shape index (κ2) is 9.28. The molecule has 2 aliphatic heterocycles. The highest BCUT2D eigenvalue weighted by molar-refractivity contribution is 7.80. The quantitative estimate of drug-likeness (QED) is 0.588. The maximum atomic E-state index is 5.77. The van der Waals surface area contributed by atoms with Gasteiger partial charge in [-0.3, -0.25) is 0 Å². The average molecular weight is 406 g/mol. The summed E-state index contributed by atoms with van der Waals surface area (Å²) in [5.74, 6) is 0. The van der Waals surface area contributed by atoms with Crippen LogP contribution in [0.5, 0.6) is 0 Å². The normalized spacial score (nSPS) is 21.5. The van der Waals surface area contributed by atoms with Crippen LogP contribution in [-0.4, -0.2) is 60.9 Å². The molecule has 0 radical (unpaired) electrons. The van der Waals surface area contributed by atoms with Gasteiger partial charge in [-0.25, -0.2) is 4.98 Å². The second-order valence-electron chi connectivity index (χ2n) is 7.42. The molecular formula is C20H29N4OS2+. The van der Waals surface area contributed by atoms with Crippen LogP contribution in [0.3, 0.4) is 0 Å². The van der Waals surface area contributed by atoms with Gasteiger partial charge in [0.15, 0.2) is 5.11 Å². The number of thiocarbonyl (C=S) groups is 1.